The fourth-order valence-corrected chi connectivity index (χ4v) is 1.50. The summed E-state index contributed by atoms with van der Waals surface area (Å²) in [5, 5.41) is 10.6. The SMILES string of the molecule is CCC(N)(CC)COc1ncc([N+](=O)[O-])cc1C(N)=O. The Kier molecular flexibility index (Phi) is 4.98. The predicted octanol–water partition coefficient (Wildman–Crippen LogP) is 0.985. The van der Waals surface area contributed by atoms with Gasteiger partial charge < -0.3 is 16.2 Å². The Labute approximate surface area is 116 Å². The van der Waals surface area contributed by atoms with Crippen molar-refractivity contribution in [1.82, 2.24) is 4.98 Å². The molecule has 4 N–H and O–H groups in total. The van der Waals surface area contributed by atoms with Crippen LogP contribution in [0.25, 0.3) is 0 Å². The molecule has 0 saturated heterocycles. The summed E-state index contributed by atoms with van der Waals surface area (Å²) in [4.78, 5) is 25.1. The van der Waals surface area contributed by atoms with Gasteiger partial charge in [0.15, 0.2) is 0 Å². The van der Waals surface area contributed by atoms with Gasteiger partial charge in [0.1, 0.15) is 18.4 Å². The Morgan fingerprint density at radius 1 is 1.50 bits per heavy atom. The highest BCUT2D eigenvalue weighted by molar-refractivity contribution is 5.95. The number of carbonyl (C=O) groups is 1. The summed E-state index contributed by atoms with van der Waals surface area (Å²) in [6, 6.07) is 1.04. The first kappa shape index (κ1) is 15.8. The maximum absolute atomic E-state index is 11.3. The minimum absolute atomic E-state index is 0.0418. The van der Waals surface area contributed by atoms with Crippen molar-refractivity contribution in [2.75, 3.05) is 6.61 Å². The van der Waals surface area contributed by atoms with Crippen molar-refractivity contribution < 1.29 is 14.5 Å². The van der Waals surface area contributed by atoms with Crippen LogP contribution in [-0.4, -0.2) is 28.0 Å². The van der Waals surface area contributed by atoms with Crippen molar-refractivity contribution in [2.45, 2.75) is 32.2 Å². The zero-order chi connectivity index (χ0) is 15.3. The molecular formula is C12H18N4O4. The predicted molar refractivity (Wildman–Crippen MR) is 72.4 cm³/mol. The van der Waals surface area contributed by atoms with Gasteiger partial charge in [0.2, 0.25) is 5.88 Å². The van der Waals surface area contributed by atoms with E-state index >= 15 is 0 Å². The maximum atomic E-state index is 11.3. The van der Waals surface area contributed by atoms with E-state index < -0.39 is 16.4 Å². The molecule has 0 aliphatic heterocycles. The fraction of sp³-hybridized carbons (Fsp3) is 0.500. The molecule has 0 unspecified atom stereocenters. The number of nitro groups is 1. The van der Waals surface area contributed by atoms with E-state index in [-0.39, 0.29) is 23.7 Å². The maximum Gasteiger partial charge on any atom is 0.288 e. The molecule has 0 atom stereocenters. The zero-order valence-corrected chi connectivity index (χ0v) is 11.5. The molecule has 1 rings (SSSR count). The van der Waals surface area contributed by atoms with Crippen LogP contribution in [0.15, 0.2) is 12.3 Å². The van der Waals surface area contributed by atoms with Crippen molar-refractivity contribution in [3.63, 3.8) is 0 Å². The number of pyridine rings is 1. The number of carbonyl (C=O) groups excluding carboxylic acids is 1. The summed E-state index contributed by atoms with van der Waals surface area (Å²) in [6.07, 6.45) is 2.38. The summed E-state index contributed by atoms with van der Waals surface area (Å²) in [5.41, 5.74) is 10.2. The van der Waals surface area contributed by atoms with Gasteiger partial charge in [0, 0.05) is 11.6 Å². The number of nitrogens with two attached hydrogens (primary N) is 2. The zero-order valence-electron chi connectivity index (χ0n) is 11.5. The van der Waals surface area contributed by atoms with E-state index in [0.717, 1.165) is 12.3 Å². The smallest absolute Gasteiger partial charge is 0.288 e. The Morgan fingerprint density at radius 3 is 2.55 bits per heavy atom. The van der Waals surface area contributed by atoms with Crippen molar-refractivity contribution >= 4 is 11.6 Å². The summed E-state index contributed by atoms with van der Waals surface area (Å²) < 4.78 is 5.42. The molecule has 0 radical (unpaired) electrons. The van der Waals surface area contributed by atoms with Crippen LogP contribution in [0, 0.1) is 10.1 Å². The molecule has 0 saturated carbocycles. The second kappa shape index (κ2) is 6.29. The second-order valence-electron chi connectivity index (χ2n) is 4.53. The average molecular weight is 282 g/mol. The Hall–Kier alpha value is -2.22. The normalized spacial score (nSPS) is 11.2. The third-order valence-electron chi connectivity index (χ3n) is 3.22. The molecule has 0 aromatic carbocycles. The lowest BCUT2D eigenvalue weighted by atomic mass is 9.96. The van der Waals surface area contributed by atoms with Crippen molar-refractivity contribution in [3.05, 3.63) is 27.9 Å². The van der Waals surface area contributed by atoms with Gasteiger partial charge in [-0.1, -0.05) is 13.8 Å². The Bertz CT molecular complexity index is 514. The van der Waals surface area contributed by atoms with E-state index in [4.69, 9.17) is 16.2 Å². The molecule has 1 aromatic rings. The number of primary amides is 1. The first-order chi connectivity index (χ1) is 9.33. The highest BCUT2D eigenvalue weighted by Crippen LogP contribution is 2.22. The summed E-state index contributed by atoms with van der Waals surface area (Å²) in [6.45, 7) is 3.99. The fourth-order valence-electron chi connectivity index (χ4n) is 1.50. The molecule has 110 valence electrons. The summed E-state index contributed by atoms with van der Waals surface area (Å²) in [7, 11) is 0. The summed E-state index contributed by atoms with van der Waals surface area (Å²) >= 11 is 0. The molecule has 20 heavy (non-hydrogen) atoms. The molecule has 1 aromatic heterocycles. The first-order valence-corrected chi connectivity index (χ1v) is 6.19. The standard InChI is InChI=1S/C12H18N4O4/c1-3-12(14,4-2)7-20-11-9(10(13)17)5-8(6-15-11)16(18)19/h5-6H,3-4,7,14H2,1-2H3,(H2,13,17). The lowest BCUT2D eigenvalue weighted by molar-refractivity contribution is -0.385. The molecule has 8 heteroatoms. The van der Waals surface area contributed by atoms with E-state index in [0.29, 0.717) is 12.8 Å². The quantitative estimate of drug-likeness (QED) is 0.565. The number of aromatic nitrogens is 1. The second-order valence-corrected chi connectivity index (χ2v) is 4.53. The van der Waals surface area contributed by atoms with Gasteiger partial charge in [0.25, 0.3) is 11.6 Å². The molecule has 1 heterocycles. The molecule has 0 aliphatic carbocycles. The van der Waals surface area contributed by atoms with Crippen LogP contribution in [0.5, 0.6) is 5.88 Å². The monoisotopic (exact) mass is 282 g/mol. The van der Waals surface area contributed by atoms with Crippen LogP contribution in [0.3, 0.4) is 0 Å². The van der Waals surface area contributed by atoms with E-state index in [1.165, 1.54) is 0 Å². The lowest BCUT2D eigenvalue weighted by Gasteiger charge is -2.26. The van der Waals surface area contributed by atoms with E-state index in [1.54, 1.807) is 0 Å². The number of rotatable bonds is 7. The number of ether oxygens (including phenoxy) is 1. The van der Waals surface area contributed by atoms with Gasteiger partial charge in [-0.15, -0.1) is 0 Å². The topological polar surface area (TPSA) is 134 Å². The molecule has 1 amide bonds. The first-order valence-electron chi connectivity index (χ1n) is 6.19. The molecule has 0 fully saturated rings. The van der Waals surface area contributed by atoms with Crippen LogP contribution in [0.2, 0.25) is 0 Å². The molecule has 0 spiro atoms. The van der Waals surface area contributed by atoms with Crippen molar-refractivity contribution in [2.24, 2.45) is 11.5 Å². The van der Waals surface area contributed by atoms with Crippen molar-refractivity contribution in [3.8, 4) is 5.88 Å². The number of hydrogen-bond donors (Lipinski definition) is 2. The number of hydrogen-bond acceptors (Lipinski definition) is 6. The van der Waals surface area contributed by atoms with Gasteiger partial charge in [-0.2, -0.15) is 0 Å². The molecule has 0 aliphatic rings. The van der Waals surface area contributed by atoms with Gasteiger partial charge in [-0.25, -0.2) is 4.98 Å². The molecular weight excluding hydrogens is 264 g/mol. The van der Waals surface area contributed by atoms with Gasteiger partial charge in [-0.3, -0.25) is 14.9 Å². The van der Waals surface area contributed by atoms with Crippen LogP contribution < -0.4 is 16.2 Å². The Balaban J connectivity index is 3.01. The van der Waals surface area contributed by atoms with Crippen LogP contribution in [0.4, 0.5) is 5.69 Å². The van der Waals surface area contributed by atoms with Crippen molar-refractivity contribution in [1.29, 1.82) is 0 Å². The largest absolute Gasteiger partial charge is 0.475 e. The molecule has 8 nitrogen and oxygen atoms in total. The van der Waals surface area contributed by atoms with Crippen LogP contribution in [-0.2, 0) is 0 Å². The van der Waals surface area contributed by atoms with Gasteiger partial charge >= 0.3 is 0 Å². The number of amides is 1. The minimum Gasteiger partial charge on any atom is -0.475 e. The van der Waals surface area contributed by atoms with Gasteiger partial charge in [-0.05, 0) is 12.8 Å². The summed E-state index contributed by atoms with van der Waals surface area (Å²) in [5.74, 6) is -0.883. The Morgan fingerprint density at radius 2 is 2.10 bits per heavy atom. The third-order valence-corrected chi connectivity index (χ3v) is 3.22. The average Bonchev–Trinajstić information content (AvgIpc) is 2.44. The van der Waals surface area contributed by atoms with Gasteiger partial charge in [0.05, 0.1) is 4.92 Å². The van der Waals surface area contributed by atoms with E-state index in [2.05, 4.69) is 4.98 Å². The van der Waals surface area contributed by atoms with E-state index in [1.807, 2.05) is 13.8 Å². The lowest BCUT2D eigenvalue weighted by Crippen LogP contribution is -2.44. The highest BCUT2D eigenvalue weighted by Gasteiger charge is 2.24. The minimum atomic E-state index is -0.841. The highest BCUT2D eigenvalue weighted by atomic mass is 16.6. The van der Waals surface area contributed by atoms with E-state index in [9.17, 15) is 14.9 Å². The third kappa shape index (κ3) is 3.64. The van der Waals surface area contributed by atoms with Crippen LogP contribution >= 0.6 is 0 Å². The van der Waals surface area contributed by atoms with Crippen LogP contribution in [0.1, 0.15) is 37.0 Å². The molecule has 0 bridgehead atoms. The number of nitrogens with zero attached hydrogens (tertiary/aromatic N) is 2.